The van der Waals surface area contributed by atoms with Crippen LogP contribution in [0.5, 0.6) is 5.75 Å². The largest absolute Gasteiger partial charge is 0.494 e. The number of methoxy groups -OCH3 is 1. The number of halogens is 1. The van der Waals surface area contributed by atoms with Crippen LogP contribution in [0.1, 0.15) is 5.56 Å². The molecule has 1 aliphatic heterocycles. The van der Waals surface area contributed by atoms with E-state index in [0.29, 0.717) is 26.5 Å². The standard InChI is InChI=1S/C25H17ClN2O2S/c1-30-22-11-10-17(26)13-21(22)27-25-28-24(29)23(31-25)14-20-18-8-4-2-6-15(18)12-16-7-3-5-9-19(16)20/h2-14H,1H3,(H,27,28,29)/b23-14-. The summed E-state index contributed by atoms with van der Waals surface area (Å²) in [5.41, 5.74) is 1.59. The first-order valence-electron chi connectivity index (χ1n) is 9.66. The molecule has 5 rings (SSSR count). The molecule has 0 aliphatic carbocycles. The number of thioether (sulfide) groups is 1. The lowest BCUT2D eigenvalue weighted by molar-refractivity contribution is -0.115. The summed E-state index contributed by atoms with van der Waals surface area (Å²) in [6.45, 7) is 0. The maximum atomic E-state index is 12.7. The molecule has 0 bridgehead atoms. The van der Waals surface area contributed by atoms with Crippen LogP contribution in [0.25, 0.3) is 27.6 Å². The van der Waals surface area contributed by atoms with Gasteiger partial charge < -0.3 is 10.1 Å². The van der Waals surface area contributed by atoms with Gasteiger partial charge >= 0.3 is 0 Å². The van der Waals surface area contributed by atoms with Gasteiger partial charge in [-0.05, 0) is 69.2 Å². The van der Waals surface area contributed by atoms with Crippen LogP contribution < -0.4 is 10.1 Å². The number of amidine groups is 1. The van der Waals surface area contributed by atoms with Crippen LogP contribution in [-0.2, 0) is 4.79 Å². The molecule has 4 aromatic carbocycles. The van der Waals surface area contributed by atoms with Crippen molar-refractivity contribution in [3.8, 4) is 5.75 Å². The fraction of sp³-hybridized carbons (Fsp3) is 0.0400. The minimum Gasteiger partial charge on any atom is -0.494 e. The zero-order valence-corrected chi connectivity index (χ0v) is 18.1. The van der Waals surface area contributed by atoms with E-state index in [1.807, 2.05) is 30.3 Å². The molecular weight excluding hydrogens is 428 g/mol. The highest BCUT2D eigenvalue weighted by Crippen LogP contribution is 2.36. The van der Waals surface area contributed by atoms with Crippen molar-refractivity contribution in [1.82, 2.24) is 5.32 Å². The Morgan fingerprint density at radius 2 is 1.65 bits per heavy atom. The molecule has 1 saturated heterocycles. The van der Waals surface area contributed by atoms with E-state index >= 15 is 0 Å². The second-order valence-electron chi connectivity index (χ2n) is 7.03. The smallest absolute Gasteiger partial charge is 0.264 e. The summed E-state index contributed by atoms with van der Waals surface area (Å²) in [7, 11) is 1.57. The van der Waals surface area contributed by atoms with Crippen LogP contribution in [0.4, 0.5) is 5.69 Å². The van der Waals surface area contributed by atoms with Crippen molar-refractivity contribution >= 4 is 67.7 Å². The number of aliphatic imine (C=N–C) groups is 1. The molecule has 31 heavy (non-hydrogen) atoms. The Hall–Kier alpha value is -3.28. The Morgan fingerprint density at radius 1 is 0.968 bits per heavy atom. The molecule has 0 radical (unpaired) electrons. The van der Waals surface area contributed by atoms with Crippen LogP contribution in [-0.4, -0.2) is 18.2 Å². The molecule has 0 spiro atoms. The van der Waals surface area contributed by atoms with Crippen LogP contribution in [0.2, 0.25) is 5.02 Å². The fourth-order valence-corrected chi connectivity index (χ4v) is 4.66. The normalized spacial score (nSPS) is 16.4. The summed E-state index contributed by atoms with van der Waals surface area (Å²) in [4.78, 5) is 17.9. The highest BCUT2D eigenvalue weighted by atomic mass is 35.5. The van der Waals surface area contributed by atoms with Gasteiger partial charge in [-0.15, -0.1) is 0 Å². The van der Waals surface area contributed by atoms with E-state index in [-0.39, 0.29) is 5.91 Å². The maximum absolute atomic E-state index is 12.7. The van der Waals surface area contributed by atoms with Crippen LogP contribution in [0.15, 0.2) is 82.7 Å². The lowest BCUT2D eigenvalue weighted by Gasteiger charge is -2.08. The Balaban J connectivity index is 1.60. The van der Waals surface area contributed by atoms with E-state index in [1.54, 1.807) is 25.3 Å². The zero-order valence-electron chi connectivity index (χ0n) is 16.6. The number of carbonyl (C=O) groups excluding carboxylic acids is 1. The predicted octanol–water partition coefficient (Wildman–Crippen LogP) is 6.55. The Bertz CT molecular complexity index is 1360. The monoisotopic (exact) mass is 444 g/mol. The van der Waals surface area contributed by atoms with E-state index in [4.69, 9.17) is 16.3 Å². The zero-order chi connectivity index (χ0) is 21.4. The number of hydrogen-bond acceptors (Lipinski definition) is 4. The van der Waals surface area contributed by atoms with Crippen molar-refractivity contribution < 1.29 is 9.53 Å². The Labute approximate surface area is 188 Å². The molecule has 0 unspecified atom stereocenters. The molecule has 0 atom stereocenters. The van der Waals surface area contributed by atoms with Gasteiger partial charge in [-0.25, -0.2) is 4.99 Å². The van der Waals surface area contributed by atoms with Gasteiger partial charge in [-0.2, -0.15) is 0 Å². The average Bonchev–Trinajstić information content (AvgIpc) is 3.12. The summed E-state index contributed by atoms with van der Waals surface area (Å²) in [6, 6.07) is 23.8. The van der Waals surface area contributed by atoms with Crippen molar-refractivity contribution in [3.63, 3.8) is 0 Å². The minimum absolute atomic E-state index is 0.179. The minimum atomic E-state index is -0.179. The molecule has 1 amide bonds. The van der Waals surface area contributed by atoms with Gasteiger partial charge in [0.05, 0.1) is 12.0 Å². The van der Waals surface area contributed by atoms with E-state index in [2.05, 4.69) is 40.6 Å². The molecule has 4 nitrogen and oxygen atoms in total. The summed E-state index contributed by atoms with van der Waals surface area (Å²) < 4.78 is 5.35. The van der Waals surface area contributed by atoms with Gasteiger partial charge in [0, 0.05) is 5.02 Å². The summed E-state index contributed by atoms with van der Waals surface area (Å²) >= 11 is 7.41. The number of carbonyl (C=O) groups is 1. The highest BCUT2D eigenvalue weighted by molar-refractivity contribution is 8.18. The molecule has 0 aromatic heterocycles. The number of hydrogen-bond donors (Lipinski definition) is 1. The van der Waals surface area contributed by atoms with E-state index in [0.717, 1.165) is 27.1 Å². The van der Waals surface area contributed by atoms with E-state index in [9.17, 15) is 4.79 Å². The van der Waals surface area contributed by atoms with Gasteiger partial charge in [0.15, 0.2) is 5.17 Å². The number of benzene rings is 4. The molecule has 1 aliphatic rings. The molecule has 152 valence electrons. The number of rotatable bonds is 3. The Kier molecular flexibility index (Phi) is 5.14. The lowest BCUT2D eigenvalue weighted by Crippen LogP contribution is -2.19. The fourth-order valence-electron chi connectivity index (χ4n) is 3.68. The molecule has 4 aromatic rings. The topological polar surface area (TPSA) is 50.7 Å². The molecule has 1 heterocycles. The van der Waals surface area contributed by atoms with Gasteiger partial charge in [0.2, 0.25) is 0 Å². The molecular formula is C25H17ClN2O2S. The molecule has 1 N–H and O–H groups in total. The predicted molar refractivity (Wildman–Crippen MR) is 130 cm³/mol. The lowest BCUT2D eigenvalue weighted by atomic mass is 9.96. The molecule has 1 fully saturated rings. The number of fused-ring (bicyclic) bond motifs is 2. The third-order valence-corrected chi connectivity index (χ3v) is 6.25. The van der Waals surface area contributed by atoms with E-state index < -0.39 is 0 Å². The first-order valence-corrected chi connectivity index (χ1v) is 10.9. The Morgan fingerprint density at radius 3 is 2.32 bits per heavy atom. The SMILES string of the molecule is COc1ccc(Cl)cc1N=C1NC(=O)/C(=C/c2c3ccccc3cc3ccccc23)S1. The van der Waals surface area contributed by atoms with Crippen LogP contribution >= 0.6 is 23.4 Å². The van der Waals surface area contributed by atoms with Gasteiger partial charge in [0.25, 0.3) is 5.91 Å². The number of ether oxygens (including phenoxy) is 1. The van der Waals surface area contributed by atoms with Gasteiger partial charge in [0.1, 0.15) is 11.4 Å². The average molecular weight is 445 g/mol. The third kappa shape index (κ3) is 3.78. The second-order valence-corrected chi connectivity index (χ2v) is 8.50. The quantitative estimate of drug-likeness (QED) is 0.288. The maximum Gasteiger partial charge on any atom is 0.264 e. The second kappa shape index (κ2) is 8.10. The van der Waals surface area contributed by atoms with Crippen molar-refractivity contribution in [2.75, 3.05) is 7.11 Å². The highest BCUT2D eigenvalue weighted by Gasteiger charge is 2.25. The number of nitrogens with zero attached hydrogens (tertiary/aromatic N) is 1. The van der Waals surface area contributed by atoms with Crippen molar-refractivity contribution in [1.29, 1.82) is 0 Å². The first-order chi connectivity index (χ1) is 15.1. The third-order valence-electron chi connectivity index (χ3n) is 5.10. The van der Waals surface area contributed by atoms with Gasteiger partial charge in [-0.3, -0.25) is 4.79 Å². The molecule has 6 heteroatoms. The van der Waals surface area contributed by atoms with Crippen LogP contribution in [0, 0.1) is 0 Å². The van der Waals surface area contributed by atoms with Crippen molar-refractivity contribution in [2.45, 2.75) is 0 Å². The van der Waals surface area contributed by atoms with E-state index in [1.165, 1.54) is 11.8 Å². The summed E-state index contributed by atoms with van der Waals surface area (Å²) in [5.74, 6) is 0.408. The summed E-state index contributed by atoms with van der Waals surface area (Å²) in [5, 5.41) is 8.35. The van der Waals surface area contributed by atoms with Crippen molar-refractivity contribution in [3.05, 3.63) is 88.3 Å². The molecule has 0 saturated carbocycles. The summed E-state index contributed by atoms with van der Waals surface area (Å²) in [6.07, 6.45) is 1.95. The first kappa shape index (κ1) is 19.7. The van der Waals surface area contributed by atoms with Gasteiger partial charge in [-0.1, -0.05) is 60.1 Å². The van der Waals surface area contributed by atoms with Crippen LogP contribution in [0.3, 0.4) is 0 Å². The number of nitrogens with one attached hydrogen (secondary N) is 1. The van der Waals surface area contributed by atoms with Crippen molar-refractivity contribution in [2.24, 2.45) is 4.99 Å². The number of amides is 1.